The SMILES string of the molecule is CSCCC(NCc1ccc(Oc2ccccc2)o1)C(=O)O. The number of benzene rings is 1. The van der Waals surface area contributed by atoms with E-state index in [2.05, 4.69) is 5.32 Å². The van der Waals surface area contributed by atoms with Crippen LogP contribution in [0, 0.1) is 0 Å². The summed E-state index contributed by atoms with van der Waals surface area (Å²) in [6.07, 6.45) is 2.53. The zero-order chi connectivity index (χ0) is 15.8. The Labute approximate surface area is 133 Å². The Kier molecular flexibility index (Phi) is 6.36. The van der Waals surface area contributed by atoms with Crippen LogP contribution in [0.15, 0.2) is 46.9 Å². The lowest BCUT2D eigenvalue weighted by Gasteiger charge is -2.12. The monoisotopic (exact) mass is 321 g/mol. The Morgan fingerprint density at radius 3 is 2.77 bits per heavy atom. The van der Waals surface area contributed by atoms with E-state index in [1.165, 1.54) is 0 Å². The number of nitrogens with one attached hydrogen (secondary N) is 1. The highest BCUT2D eigenvalue weighted by molar-refractivity contribution is 7.98. The van der Waals surface area contributed by atoms with Crippen molar-refractivity contribution < 1.29 is 19.1 Å². The number of para-hydroxylation sites is 1. The molecule has 6 heteroatoms. The molecule has 0 saturated heterocycles. The number of aliphatic carboxylic acids is 1. The molecule has 2 N–H and O–H groups in total. The van der Waals surface area contributed by atoms with Crippen molar-refractivity contribution in [3.8, 4) is 11.7 Å². The van der Waals surface area contributed by atoms with E-state index in [1.54, 1.807) is 23.9 Å². The third kappa shape index (κ3) is 5.13. The smallest absolute Gasteiger partial charge is 0.320 e. The Bertz CT molecular complexity index is 585. The zero-order valence-corrected chi connectivity index (χ0v) is 13.1. The van der Waals surface area contributed by atoms with Crippen LogP contribution in [-0.4, -0.2) is 29.1 Å². The molecule has 1 aromatic heterocycles. The highest BCUT2D eigenvalue weighted by atomic mass is 32.2. The molecule has 0 bridgehead atoms. The number of carboxylic acid groups (broad SMARTS) is 1. The van der Waals surface area contributed by atoms with Crippen molar-refractivity contribution in [1.82, 2.24) is 5.32 Å². The molecular formula is C16H19NO4S. The Hall–Kier alpha value is -1.92. The standard InChI is InChI=1S/C16H19NO4S/c1-22-10-9-14(16(18)19)17-11-13-7-8-15(21-13)20-12-5-3-2-4-6-12/h2-8,14,17H,9-11H2,1H3,(H,18,19). The number of carbonyl (C=O) groups is 1. The van der Waals surface area contributed by atoms with Gasteiger partial charge in [0.25, 0.3) is 5.95 Å². The summed E-state index contributed by atoms with van der Waals surface area (Å²) < 4.78 is 11.1. The van der Waals surface area contributed by atoms with Gasteiger partial charge in [0, 0.05) is 6.07 Å². The van der Waals surface area contributed by atoms with Crippen LogP contribution in [0.5, 0.6) is 11.7 Å². The van der Waals surface area contributed by atoms with Crippen LogP contribution >= 0.6 is 11.8 Å². The van der Waals surface area contributed by atoms with Crippen molar-refractivity contribution in [1.29, 1.82) is 0 Å². The van der Waals surface area contributed by atoms with Gasteiger partial charge in [-0.15, -0.1) is 0 Å². The predicted molar refractivity (Wildman–Crippen MR) is 86.5 cm³/mol. The molecule has 2 rings (SSSR count). The van der Waals surface area contributed by atoms with Gasteiger partial charge in [-0.25, -0.2) is 0 Å². The molecule has 2 aromatic rings. The molecule has 0 aliphatic carbocycles. The normalized spacial score (nSPS) is 12.0. The molecule has 0 radical (unpaired) electrons. The van der Waals surface area contributed by atoms with Crippen molar-refractivity contribution in [3.63, 3.8) is 0 Å². The van der Waals surface area contributed by atoms with Crippen molar-refractivity contribution in [2.45, 2.75) is 19.0 Å². The van der Waals surface area contributed by atoms with E-state index in [9.17, 15) is 4.79 Å². The molecule has 5 nitrogen and oxygen atoms in total. The summed E-state index contributed by atoms with van der Waals surface area (Å²) in [5.74, 6) is 1.67. The van der Waals surface area contributed by atoms with Gasteiger partial charge >= 0.3 is 5.97 Å². The lowest BCUT2D eigenvalue weighted by atomic mass is 10.2. The lowest BCUT2D eigenvalue weighted by Crippen LogP contribution is -2.36. The molecule has 0 amide bonds. The van der Waals surface area contributed by atoms with Gasteiger partial charge in [0.05, 0.1) is 6.54 Å². The summed E-state index contributed by atoms with van der Waals surface area (Å²) in [6, 6.07) is 12.3. The quantitative estimate of drug-likeness (QED) is 0.738. The van der Waals surface area contributed by atoms with Crippen LogP contribution < -0.4 is 10.1 Å². The van der Waals surface area contributed by atoms with Crippen LogP contribution in [0.1, 0.15) is 12.2 Å². The molecule has 1 unspecified atom stereocenters. The van der Waals surface area contributed by atoms with E-state index in [4.69, 9.17) is 14.3 Å². The summed E-state index contributed by atoms with van der Waals surface area (Å²) in [7, 11) is 0. The van der Waals surface area contributed by atoms with Crippen LogP contribution in [0.25, 0.3) is 0 Å². The van der Waals surface area contributed by atoms with E-state index in [0.717, 1.165) is 5.75 Å². The van der Waals surface area contributed by atoms with Gasteiger partial charge in [-0.1, -0.05) is 18.2 Å². The van der Waals surface area contributed by atoms with E-state index in [-0.39, 0.29) is 0 Å². The second-order valence-corrected chi connectivity index (χ2v) is 5.67. The first kappa shape index (κ1) is 16.5. The highest BCUT2D eigenvalue weighted by Gasteiger charge is 2.16. The molecule has 22 heavy (non-hydrogen) atoms. The van der Waals surface area contributed by atoms with Crippen molar-refractivity contribution >= 4 is 17.7 Å². The van der Waals surface area contributed by atoms with Crippen molar-refractivity contribution in [2.24, 2.45) is 0 Å². The van der Waals surface area contributed by atoms with E-state index < -0.39 is 12.0 Å². The van der Waals surface area contributed by atoms with Crippen LogP contribution in [0.2, 0.25) is 0 Å². The van der Waals surface area contributed by atoms with E-state index in [1.807, 2.05) is 36.6 Å². The van der Waals surface area contributed by atoms with Crippen LogP contribution in [0.4, 0.5) is 0 Å². The number of hydrogen-bond donors (Lipinski definition) is 2. The molecule has 1 heterocycles. The molecule has 0 aliphatic rings. The fourth-order valence-electron chi connectivity index (χ4n) is 1.89. The first-order chi connectivity index (χ1) is 10.7. The summed E-state index contributed by atoms with van der Waals surface area (Å²) in [5.41, 5.74) is 0. The maximum atomic E-state index is 11.1. The number of carboxylic acids is 1. The summed E-state index contributed by atoms with van der Waals surface area (Å²) in [6.45, 7) is 0.351. The second-order valence-electron chi connectivity index (χ2n) is 4.69. The maximum absolute atomic E-state index is 11.1. The number of rotatable bonds is 9. The fourth-order valence-corrected chi connectivity index (χ4v) is 2.36. The Balaban J connectivity index is 1.87. The van der Waals surface area contributed by atoms with E-state index >= 15 is 0 Å². The molecule has 118 valence electrons. The number of furan rings is 1. The Morgan fingerprint density at radius 2 is 2.09 bits per heavy atom. The first-order valence-electron chi connectivity index (χ1n) is 6.96. The topological polar surface area (TPSA) is 71.7 Å². The summed E-state index contributed by atoms with van der Waals surface area (Å²) in [4.78, 5) is 11.1. The van der Waals surface area contributed by atoms with Gasteiger partial charge in [0.2, 0.25) is 0 Å². The van der Waals surface area contributed by atoms with Crippen LogP contribution in [0.3, 0.4) is 0 Å². The van der Waals surface area contributed by atoms with Crippen LogP contribution in [-0.2, 0) is 11.3 Å². The average molecular weight is 321 g/mol. The van der Waals surface area contributed by atoms with E-state index in [0.29, 0.717) is 30.4 Å². The third-order valence-electron chi connectivity index (χ3n) is 3.03. The number of hydrogen-bond acceptors (Lipinski definition) is 5. The van der Waals surface area contributed by atoms with Gasteiger partial charge in [0.1, 0.15) is 17.6 Å². The molecule has 1 atom stereocenters. The number of thioether (sulfide) groups is 1. The van der Waals surface area contributed by atoms with Gasteiger partial charge in [-0.3, -0.25) is 10.1 Å². The summed E-state index contributed by atoms with van der Waals surface area (Å²) in [5, 5.41) is 12.1. The summed E-state index contributed by atoms with van der Waals surface area (Å²) >= 11 is 1.63. The highest BCUT2D eigenvalue weighted by Crippen LogP contribution is 2.23. The predicted octanol–water partition coefficient (Wildman–Crippen LogP) is 3.37. The first-order valence-corrected chi connectivity index (χ1v) is 8.35. The molecule has 1 aromatic carbocycles. The van der Waals surface area contributed by atoms with Gasteiger partial charge in [0.15, 0.2) is 0 Å². The van der Waals surface area contributed by atoms with Gasteiger partial charge in [-0.2, -0.15) is 11.8 Å². The molecule has 0 saturated carbocycles. The fraction of sp³-hybridized carbons (Fsp3) is 0.312. The third-order valence-corrected chi connectivity index (χ3v) is 3.67. The number of ether oxygens (including phenoxy) is 1. The molecule has 0 fully saturated rings. The Morgan fingerprint density at radius 1 is 1.32 bits per heavy atom. The van der Waals surface area contributed by atoms with Crippen molar-refractivity contribution in [3.05, 3.63) is 48.2 Å². The average Bonchev–Trinajstić information content (AvgIpc) is 2.95. The minimum absolute atomic E-state index is 0.351. The van der Waals surface area contributed by atoms with Gasteiger partial charge in [-0.05, 0) is 36.6 Å². The minimum Gasteiger partial charge on any atom is -0.480 e. The maximum Gasteiger partial charge on any atom is 0.320 e. The molecule has 0 spiro atoms. The molecular weight excluding hydrogens is 302 g/mol. The lowest BCUT2D eigenvalue weighted by molar-refractivity contribution is -0.139. The van der Waals surface area contributed by atoms with Crippen molar-refractivity contribution in [2.75, 3.05) is 12.0 Å². The molecule has 0 aliphatic heterocycles. The largest absolute Gasteiger partial charge is 0.480 e. The zero-order valence-electron chi connectivity index (χ0n) is 12.3. The minimum atomic E-state index is -0.846. The second kappa shape index (κ2) is 8.51. The van der Waals surface area contributed by atoms with Gasteiger partial charge < -0.3 is 14.3 Å².